The molecule has 0 aliphatic heterocycles. The summed E-state index contributed by atoms with van der Waals surface area (Å²) < 4.78 is 22.6. The lowest BCUT2D eigenvalue weighted by atomic mass is 10.2. The van der Waals surface area contributed by atoms with E-state index >= 15 is 0 Å². The molecule has 0 unspecified atom stereocenters. The third kappa shape index (κ3) is 1.88. The summed E-state index contributed by atoms with van der Waals surface area (Å²) in [6.07, 6.45) is 1.17. The zero-order chi connectivity index (χ0) is 11.1. The highest BCUT2D eigenvalue weighted by Gasteiger charge is 2.08. The Balaban J connectivity index is 2.66. The van der Waals surface area contributed by atoms with Gasteiger partial charge in [0, 0.05) is 17.5 Å². The van der Waals surface area contributed by atoms with Crippen molar-refractivity contribution >= 4 is 20.7 Å². The summed E-state index contributed by atoms with van der Waals surface area (Å²) in [6.45, 7) is -0.0805. The minimum absolute atomic E-state index is 0.0805. The zero-order valence-electron chi connectivity index (χ0n) is 8.19. The number of H-pyrrole nitrogens is 1. The van der Waals surface area contributed by atoms with E-state index in [4.69, 9.17) is 5.11 Å². The first-order valence-electron chi connectivity index (χ1n) is 4.43. The third-order valence-electron chi connectivity index (χ3n) is 2.25. The Labute approximate surface area is 87.5 Å². The normalized spacial score (nSPS) is 12.1. The topological polar surface area (TPSA) is 70.2 Å². The molecule has 0 bridgehead atoms. The molecule has 0 spiro atoms. The molecule has 0 aliphatic carbocycles. The van der Waals surface area contributed by atoms with Crippen molar-refractivity contribution in [3.63, 3.8) is 0 Å². The van der Waals surface area contributed by atoms with Gasteiger partial charge in [-0.15, -0.1) is 0 Å². The van der Waals surface area contributed by atoms with Crippen LogP contribution >= 0.6 is 0 Å². The van der Waals surface area contributed by atoms with Gasteiger partial charge in [0.15, 0.2) is 9.84 Å². The number of nitrogens with one attached hydrogen (secondary N) is 1. The summed E-state index contributed by atoms with van der Waals surface area (Å²) in [6, 6.07) is 6.65. The van der Waals surface area contributed by atoms with Gasteiger partial charge < -0.3 is 10.1 Å². The molecule has 0 saturated heterocycles. The Kier molecular flexibility index (Phi) is 2.28. The number of hydrogen-bond donors (Lipinski definition) is 2. The molecule has 1 heterocycles. The van der Waals surface area contributed by atoms with Gasteiger partial charge in [-0.3, -0.25) is 0 Å². The molecule has 0 saturated carbocycles. The number of benzene rings is 1. The van der Waals surface area contributed by atoms with Gasteiger partial charge in [0.25, 0.3) is 0 Å². The molecule has 2 N–H and O–H groups in total. The first kappa shape index (κ1) is 10.2. The molecule has 5 heteroatoms. The molecule has 1 aromatic carbocycles. The van der Waals surface area contributed by atoms with Crippen molar-refractivity contribution < 1.29 is 13.5 Å². The van der Waals surface area contributed by atoms with Crippen LogP contribution < -0.4 is 0 Å². The molecule has 0 fully saturated rings. The molecule has 0 atom stereocenters. The van der Waals surface area contributed by atoms with Gasteiger partial charge in [-0.25, -0.2) is 8.42 Å². The van der Waals surface area contributed by atoms with Crippen molar-refractivity contribution in [2.45, 2.75) is 11.5 Å². The molecule has 2 rings (SSSR count). The maximum absolute atomic E-state index is 11.3. The van der Waals surface area contributed by atoms with Crippen molar-refractivity contribution in [3.8, 4) is 0 Å². The van der Waals surface area contributed by atoms with E-state index in [1.807, 2.05) is 0 Å². The Bertz CT molecular complexity index is 598. The van der Waals surface area contributed by atoms with Gasteiger partial charge in [0.1, 0.15) is 0 Å². The molecule has 2 aromatic rings. The second kappa shape index (κ2) is 3.36. The van der Waals surface area contributed by atoms with Crippen LogP contribution in [0.25, 0.3) is 10.9 Å². The van der Waals surface area contributed by atoms with Gasteiger partial charge in [0.05, 0.1) is 11.5 Å². The highest BCUT2D eigenvalue weighted by Crippen LogP contribution is 2.19. The molecule has 80 valence electrons. The number of sulfone groups is 1. The van der Waals surface area contributed by atoms with Crippen LogP contribution in [0.3, 0.4) is 0 Å². The fraction of sp³-hybridized carbons (Fsp3) is 0.200. The second-order valence-corrected chi connectivity index (χ2v) is 5.49. The predicted molar refractivity (Wildman–Crippen MR) is 57.3 cm³/mol. The number of fused-ring (bicyclic) bond motifs is 1. The van der Waals surface area contributed by atoms with Crippen molar-refractivity contribution in [2.24, 2.45) is 0 Å². The number of rotatable bonds is 2. The van der Waals surface area contributed by atoms with Crippen LogP contribution in [0, 0.1) is 0 Å². The average Bonchev–Trinajstić information content (AvgIpc) is 2.57. The Morgan fingerprint density at radius 3 is 2.67 bits per heavy atom. The van der Waals surface area contributed by atoms with Gasteiger partial charge in [-0.2, -0.15) is 0 Å². The van der Waals surface area contributed by atoms with Gasteiger partial charge in [-0.1, -0.05) is 6.07 Å². The molecular weight excluding hydrogens is 214 g/mol. The average molecular weight is 225 g/mol. The molecule has 0 radical (unpaired) electrons. The lowest BCUT2D eigenvalue weighted by Crippen LogP contribution is -1.96. The van der Waals surface area contributed by atoms with Crippen LogP contribution in [0.2, 0.25) is 0 Å². The first-order chi connectivity index (χ1) is 7.00. The summed E-state index contributed by atoms with van der Waals surface area (Å²) in [5.74, 6) is 0. The van der Waals surface area contributed by atoms with Crippen molar-refractivity contribution in [1.29, 1.82) is 0 Å². The zero-order valence-corrected chi connectivity index (χ0v) is 9.00. The number of aliphatic hydroxyl groups is 1. The minimum Gasteiger partial charge on any atom is -0.390 e. The predicted octanol–water partition coefficient (Wildman–Crippen LogP) is 1.06. The summed E-state index contributed by atoms with van der Waals surface area (Å²) in [5.41, 5.74) is 1.40. The summed E-state index contributed by atoms with van der Waals surface area (Å²) in [7, 11) is -3.17. The highest BCUT2D eigenvalue weighted by molar-refractivity contribution is 7.90. The smallest absolute Gasteiger partial charge is 0.175 e. The van der Waals surface area contributed by atoms with Gasteiger partial charge in [-0.05, 0) is 23.6 Å². The maximum Gasteiger partial charge on any atom is 0.175 e. The molecule has 1 aromatic heterocycles. The maximum atomic E-state index is 11.3. The fourth-order valence-corrected chi connectivity index (χ4v) is 2.13. The van der Waals surface area contributed by atoms with Crippen LogP contribution in [0.4, 0.5) is 0 Å². The molecular formula is C10H11NO3S. The Morgan fingerprint density at radius 2 is 2.07 bits per heavy atom. The van der Waals surface area contributed by atoms with Gasteiger partial charge in [0.2, 0.25) is 0 Å². The number of aromatic amines is 1. The number of hydrogen-bond acceptors (Lipinski definition) is 3. The van der Waals surface area contributed by atoms with Gasteiger partial charge >= 0.3 is 0 Å². The van der Waals surface area contributed by atoms with Crippen molar-refractivity contribution in [1.82, 2.24) is 4.98 Å². The minimum atomic E-state index is -3.17. The summed E-state index contributed by atoms with van der Waals surface area (Å²) in [4.78, 5) is 3.22. The van der Waals surface area contributed by atoms with Crippen molar-refractivity contribution in [2.75, 3.05) is 6.26 Å². The SMILES string of the molecule is CS(=O)(=O)c1ccc2cc(CO)[nH]c2c1. The molecule has 0 amide bonds. The quantitative estimate of drug-likeness (QED) is 0.803. The van der Waals surface area contributed by atoms with Crippen LogP contribution in [0.15, 0.2) is 29.2 Å². The fourth-order valence-electron chi connectivity index (χ4n) is 1.48. The Hall–Kier alpha value is -1.33. The monoisotopic (exact) mass is 225 g/mol. The lowest BCUT2D eigenvalue weighted by molar-refractivity contribution is 0.278. The molecule has 15 heavy (non-hydrogen) atoms. The van der Waals surface area contributed by atoms with Crippen molar-refractivity contribution in [3.05, 3.63) is 30.0 Å². The van der Waals surface area contributed by atoms with Crippen LogP contribution in [0.5, 0.6) is 0 Å². The third-order valence-corrected chi connectivity index (χ3v) is 3.36. The highest BCUT2D eigenvalue weighted by atomic mass is 32.2. The lowest BCUT2D eigenvalue weighted by Gasteiger charge is -1.97. The van der Waals surface area contributed by atoms with E-state index in [1.54, 1.807) is 24.3 Å². The largest absolute Gasteiger partial charge is 0.390 e. The van der Waals surface area contributed by atoms with E-state index in [2.05, 4.69) is 4.98 Å². The van der Waals surface area contributed by atoms with Crippen LogP contribution in [-0.2, 0) is 16.4 Å². The summed E-state index contributed by atoms with van der Waals surface area (Å²) >= 11 is 0. The van der Waals surface area contributed by atoms with E-state index in [1.165, 1.54) is 6.26 Å². The molecule has 0 aliphatic rings. The van der Waals surface area contributed by atoms with E-state index < -0.39 is 9.84 Å². The standard InChI is InChI=1S/C10H11NO3S/c1-15(13,14)9-3-2-7-4-8(6-12)11-10(7)5-9/h2-5,11-12H,6H2,1H3. The van der Waals surface area contributed by atoms with E-state index in [-0.39, 0.29) is 11.5 Å². The van der Waals surface area contributed by atoms with E-state index in [0.29, 0.717) is 5.69 Å². The van der Waals surface area contributed by atoms with E-state index in [9.17, 15) is 8.42 Å². The van der Waals surface area contributed by atoms with Crippen LogP contribution in [0.1, 0.15) is 5.69 Å². The summed E-state index contributed by atoms with van der Waals surface area (Å²) in [5, 5.41) is 9.81. The first-order valence-corrected chi connectivity index (χ1v) is 6.32. The number of aromatic nitrogens is 1. The number of aliphatic hydroxyl groups excluding tert-OH is 1. The molecule has 4 nitrogen and oxygen atoms in total. The van der Waals surface area contributed by atoms with Crippen LogP contribution in [-0.4, -0.2) is 24.8 Å². The second-order valence-electron chi connectivity index (χ2n) is 3.47. The van der Waals surface area contributed by atoms with E-state index in [0.717, 1.165) is 10.9 Å². The Morgan fingerprint density at radius 1 is 1.33 bits per heavy atom.